The highest BCUT2D eigenvalue weighted by molar-refractivity contribution is 4.95. The zero-order valence-corrected chi connectivity index (χ0v) is 9.38. The zero-order valence-electron chi connectivity index (χ0n) is 9.38. The van der Waals surface area contributed by atoms with Gasteiger partial charge in [0.15, 0.2) is 0 Å². The predicted molar refractivity (Wildman–Crippen MR) is 56.2 cm³/mol. The highest BCUT2D eigenvalue weighted by Gasteiger charge is 2.44. The summed E-state index contributed by atoms with van der Waals surface area (Å²) in [6, 6.07) is 0. The van der Waals surface area contributed by atoms with Crippen molar-refractivity contribution in [1.82, 2.24) is 0 Å². The van der Waals surface area contributed by atoms with Crippen molar-refractivity contribution in [2.75, 3.05) is 6.61 Å². The van der Waals surface area contributed by atoms with Crippen LogP contribution in [0.15, 0.2) is 0 Å². The fraction of sp³-hybridized carbons (Fsp3) is 1.00. The Morgan fingerprint density at radius 3 is 2.29 bits per heavy atom. The van der Waals surface area contributed by atoms with Crippen molar-refractivity contribution in [2.24, 2.45) is 5.41 Å². The summed E-state index contributed by atoms with van der Waals surface area (Å²) in [6.45, 7) is 4.89. The fourth-order valence-corrected chi connectivity index (χ4v) is 2.77. The maximum atomic E-state index is 9.06. The van der Waals surface area contributed by atoms with Gasteiger partial charge in [0.05, 0.1) is 18.3 Å². The molecule has 1 saturated heterocycles. The first-order valence-electron chi connectivity index (χ1n) is 5.84. The lowest BCUT2D eigenvalue weighted by Gasteiger charge is -2.41. The van der Waals surface area contributed by atoms with Crippen LogP contribution in [0.3, 0.4) is 0 Å². The first-order valence-corrected chi connectivity index (χ1v) is 5.84. The minimum absolute atomic E-state index is 0.121. The lowest BCUT2D eigenvalue weighted by molar-refractivity contribution is -0.0923. The van der Waals surface area contributed by atoms with Crippen LogP contribution < -0.4 is 0 Å². The number of hydrogen-bond donors (Lipinski definition) is 1. The molecule has 0 bridgehead atoms. The molecule has 0 aromatic heterocycles. The normalized spacial score (nSPS) is 34.9. The van der Waals surface area contributed by atoms with Crippen LogP contribution in [-0.2, 0) is 4.74 Å². The molecular formula is C12H22O2. The molecule has 1 saturated carbocycles. The summed E-state index contributed by atoms with van der Waals surface area (Å²) in [5.74, 6) is 0. The lowest BCUT2D eigenvalue weighted by atomic mass is 9.70. The zero-order chi connectivity index (χ0) is 10.2. The lowest BCUT2D eigenvalue weighted by Crippen LogP contribution is -2.37. The van der Waals surface area contributed by atoms with Gasteiger partial charge in [0.1, 0.15) is 0 Å². The van der Waals surface area contributed by atoms with Crippen molar-refractivity contribution >= 4 is 0 Å². The first-order chi connectivity index (χ1) is 6.55. The van der Waals surface area contributed by atoms with E-state index < -0.39 is 0 Å². The van der Waals surface area contributed by atoms with Crippen molar-refractivity contribution < 1.29 is 9.84 Å². The molecular weight excluding hydrogens is 176 g/mol. The van der Waals surface area contributed by atoms with Crippen LogP contribution in [0.1, 0.15) is 52.4 Å². The molecule has 82 valence electrons. The van der Waals surface area contributed by atoms with Gasteiger partial charge < -0.3 is 9.84 Å². The smallest absolute Gasteiger partial charge is 0.0814 e. The summed E-state index contributed by atoms with van der Waals surface area (Å²) in [7, 11) is 0. The fourth-order valence-electron chi connectivity index (χ4n) is 2.77. The average Bonchev–Trinajstić information content (AvgIpc) is 2.56. The molecule has 1 heterocycles. The third-order valence-corrected chi connectivity index (χ3v) is 4.06. The van der Waals surface area contributed by atoms with E-state index in [2.05, 4.69) is 13.8 Å². The topological polar surface area (TPSA) is 29.5 Å². The molecule has 2 heteroatoms. The minimum atomic E-state index is 0.121. The molecule has 1 aliphatic heterocycles. The third-order valence-electron chi connectivity index (χ3n) is 4.06. The second kappa shape index (κ2) is 3.49. The van der Waals surface area contributed by atoms with Gasteiger partial charge in [-0.05, 0) is 43.9 Å². The van der Waals surface area contributed by atoms with Crippen LogP contribution in [0.5, 0.6) is 0 Å². The molecule has 2 fully saturated rings. The van der Waals surface area contributed by atoms with Crippen LogP contribution in [0.25, 0.3) is 0 Å². The average molecular weight is 198 g/mol. The Hall–Kier alpha value is -0.0800. The second-order valence-electron chi connectivity index (χ2n) is 5.81. The van der Waals surface area contributed by atoms with Gasteiger partial charge in [-0.3, -0.25) is 0 Å². The Labute approximate surface area is 86.6 Å². The van der Waals surface area contributed by atoms with E-state index in [0.29, 0.717) is 5.41 Å². The predicted octanol–water partition coefficient (Wildman–Crippen LogP) is 2.50. The molecule has 0 aromatic carbocycles. The molecule has 0 radical (unpaired) electrons. The standard InChI is InChI=1S/C12H22O2/c1-11(2)5-7-12(8-6-11)4-3-10(9-13)14-12/h10,13H,3-9H2,1-2H3/t10-/m0/s1. The van der Waals surface area contributed by atoms with E-state index in [1.54, 1.807) is 0 Å². The van der Waals surface area contributed by atoms with E-state index in [-0.39, 0.29) is 18.3 Å². The number of aliphatic hydroxyl groups is 1. The quantitative estimate of drug-likeness (QED) is 0.701. The molecule has 0 amide bonds. The molecule has 1 aliphatic carbocycles. The Bertz CT molecular complexity index is 200. The Kier molecular flexibility index (Phi) is 2.61. The number of ether oxygens (including phenoxy) is 1. The van der Waals surface area contributed by atoms with Gasteiger partial charge in [0.25, 0.3) is 0 Å². The van der Waals surface area contributed by atoms with Crippen molar-refractivity contribution in [3.05, 3.63) is 0 Å². The first kappa shape index (κ1) is 10.4. The SMILES string of the molecule is CC1(C)CCC2(CC[C@@H](CO)O2)CC1. The molecule has 2 aliphatic rings. The van der Waals surface area contributed by atoms with E-state index in [1.807, 2.05) is 0 Å². The Balaban J connectivity index is 1.94. The summed E-state index contributed by atoms with van der Waals surface area (Å²) < 4.78 is 5.98. The van der Waals surface area contributed by atoms with Gasteiger partial charge in [-0.2, -0.15) is 0 Å². The molecule has 1 N–H and O–H groups in total. The van der Waals surface area contributed by atoms with Crippen LogP contribution in [0.4, 0.5) is 0 Å². The maximum absolute atomic E-state index is 9.06. The van der Waals surface area contributed by atoms with Crippen molar-refractivity contribution in [3.8, 4) is 0 Å². The van der Waals surface area contributed by atoms with Gasteiger partial charge in [0.2, 0.25) is 0 Å². The van der Waals surface area contributed by atoms with Crippen LogP contribution >= 0.6 is 0 Å². The number of hydrogen-bond acceptors (Lipinski definition) is 2. The minimum Gasteiger partial charge on any atom is -0.394 e. The molecule has 2 nitrogen and oxygen atoms in total. The van der Waals surface area contributed by atoms with Crippen LogP contribution in [0.2, 0.25) is 0 Å². The van der Waals surface area contributed by atoms with Gasteiger partial charge in [-0.25, -0.2) is 0 Å². The molecule has 14 heavy (non-hydrogen) atoms. The van der Waals surface area contributed by atoms with Gasteiger partial charge in [0, 0.05) is 0 Å². The summed E-state index contributed by atoms with van der Waals surface area (Å²) in [5, 5.41) is 9.06. The van der Waals surface area contributed by atoms with Gasteiger partial charge in [-0.15, -0.1) is 0 Å². The third kappa shape index (κ3) is 1.96. The van der Waals surface area contributed by atoms with E-state index in [4.69, 9.17) is 9.84 Å². The number of aliphatic hydroxyl groups excluding tert-OH is 1. The summed E-state index contributed by atoms with van der Waals surface area (Å²) in [6.07, 6.45) is 7.25. The Morgan fingerprint density at radius 1 is 1.14 bits per heavy atom. The van der Waals surface area contributed by atoms with Crippen LogP contribution in [0, 0.1) is 5.41 Å². The van der Waals surface area contributed by atoms with Crippen LogP contribution in [-0.4, -0.2) is 23.4 Å². The van der Waals surface area contributed by atoms with Crippen molar-refractivity contribution in [2.45, 2.75) is 64.1 Å². The molecule has 0 unspecified atom stereocenters. The van der Waals surface area contributed by atoms with Gasteiger partial charge >= 0.3 is 0 Å². The summed E-state index contributed by atoms with van der Waals surface area (Å²) >= 11 is 0. The Morgan fingerprint density at radius 2 is 1.79 bits per heavy atom. The highest BCUT2D eigenvalue weighted by Crippen LogP contribution is 2.47. The summed E-state index contributed by atoms with van der Waals surface area (Å²) in [4.78, 5) is 0. The van der Waals surface area contributed by atoms with E-state index in [9.17, 15) is 0 Å². The van der Waals surface area contributed by atoms with E-state index in [0.717, 1.165) is 12.8 Å². The highest BCUT2D eigenvalue weighted by atomic mass is 16.5. The van der Waals surface area contributed by atoms with E-state index >= 15 is 0 Å². The number of rotatable bonds is 1. The van der Waals surface area contributed by atoms with Crippen molar-refractivity contribution in [3.63, 3.8) is 0 Å². The second-order valence-corrected chi connectivity index (χ2v) is 5.81. The molecule has 1 spiro atoms. The summed E-state index contributed by atoms with van der Waals surface area (Å²) in [5.41, 5.74) is 0.648. The molecule has 2 rings (SSSR count). The maximum Gasteiger partial charge on any atom is 0.0814 e. The monoisotopic (exact) mass is 198 g/mol. The van der Waals surface area contributed by atoms with Gasteiger partial charge in [-0.1, -0.05) is 13.8 Å². The molecule has 0 aromatic rings. The van der Waals surface area contributed by atoms with E-state index in [1.165, 1.54) is 25.7 Å². The molecule has 1 atom stereocenters. The largest absolute Gasteiger partial charge is 0.394 e. The van der Waals surface area contributed by atoms with Crippen molar-refractivity contribution in [1.29, 1.82) is 0 Å².